The fourth-order valence-electron chi connectivity index (χ4n) is 0.368. The second-order valence-electron chi connectivity index (χ2n) is 1.70. The minimum absolute atomic E-state index is 0.316. The molecule has 0 aromatic rings. The largest absolute Gasteiger partial charge is 0.478 e. The van der Waals surface area contributed by atoms with Gasteiger partial charge < -0.3 is 9.90 Å². The van der Waals surface area contributed by atoms with Crippen LogP contribution in [0.4, 0.5) is 0 Å². The van der Waals surface area contributed by atoms with Crippen molar-refractivity contribution in [1.82, 2.24) is 0 Å². The van der Waals surface area contributed by atoms with Crippen molar-refractivity contribution in [2.45, 2.75) is 13.0 Å². The molecule has 0 aliphatic heterocycles. The molecule has 0 saturated carbocycles. The van der Waals surface area contributed by atoms with E-state index in [-0.39, 0.29) is 0 Å². The number of carbonyl (C=O) groups is 1. The molecular weight excluding hydrogens is 136 g/mol. The first kappa shape index (κ1) is 8.39. The van der Waals surface area contributed by atoms with Crippen LogP contribution in [0.5, 0.6) is 0 Å². The molecule has 0 rings (SSSR count). The smallest absolute Gasteiger partial charge is 0.330 e. The van der Waals surface area contributed by atoms with Crippen molar-refractivity contribution in [3.63, 3.8) is 0 Å². The average Bonchev–Trinajstić information content (AvgIpc) is 1.82. The Morgan fingerprint density at radius 2 is 2.33 bits per heavy atom. The second kappa shape index (κ2) is 4.28. The molecule has 0 saturated heterocycles. The van der Waals surface area contributed by atoms with Crippen LogP contribution in [0, 0.1) is 0 Å². The number of rotatable bonds is 3. The summed E-state index contributed by atoms with van der Waals surface area (Å²) in [5.74, 6) is -0.905. The summed E-state index contributed by atoms with van der Waals surface area (Å²) in [7, 11) is -1.00. The van der Waals surface area contributed by atoms with Crippen LogP contribution >= 0.6 is 0 Å². The Bertz CT molecular complexity index is 130. The highest BCUT2D eigenvalue weighted by Gasteiger charge is 1.96. The Hall–Kier alpha value is -0.613. The predicted molar refractivity (Wildman–Crippen MR) is 37.0 cm³/mol. The molecule has 0 bridgehead atoms. The Labute approximate surface area is 56.0 Å². The molecule has 0 aromatic heterocycles. The van der Waals surface area contributed by atoms with E-state index in [1.807, 2.05) is 0 Å². The Morgan fingerprint density at radius 3 is 2.67 bits per heavy atom. The molecule has 52 valence electrons. The van der Waals surface area contributed by atoms with E-state index in [1.54, 1.807) is 6.08 Å². The van der Waals surface area contributed by atoms with Gasteiger partial charge >= 0.3 is 5.97 Å². The molecule has 0 atom stereocenters. The van der Waals surface area contributed by atoms with E-state index in [0.29, 0.717) is 11.6 Å². The Balaban J connectivity index is 3.69. The van der Waals surface area contributed by atoms with E-state index < -0.39 is 15.7 Å². The van der Waals surface area contributed by atoms with Crippen LogP contribution in [-0.4, -0.2) is 25.6 Å². The molecule has 3 nitrogen and oxygen atoms in total. The van der Waals surface area contributed by atoms with E-state index in [0.717, 1.165) is 0 Å². The molecule has 9 heavy (non-hydrogen) atoms. The molecular formula is C5H10O3Si. The molecule has 0 aromatic carbocycles. The minimum atomic E-state index is -1.00. The molecule has 0 aliphatic carbocycles. The summed E-state index contributed by atoms with van der Waals surface area (Å²) in [4.78, 5) is 18.5. The lowest BCUT2D eigenvalue weighted by atomic mass is 10.3. The van der Waals surface area contributed by atoms with Crippen molar-refractivity contribution < 1.29 is 14.7 Å². The van der Waals surface area contributed by atoms with Crippen molar-refractivity contribution in [2.24, 2.45) is 0 Å². The molecule has 0 amide bonds. The fourth-order valence-corrected chi connectivity index (χ4v) is 0.930. The van der Waals surface area contributed by atoms with Crippen molar-refractivity contribution in [3.8, 4) is 0 Å². The lowest BCUT2D eigenvalue weighted by Gasteiger charge is -1.88. The number of hydrogen-bond acceptors (Lipinski definition) is 2. The maximum atomic E-state index is 10.1. The molecule has 0 radical (unpaired) electrons. The number of hydrogen-bond donors (Lipinski definition) is 2. The van der Waals surface area contributed by atoms with Gasteiger partial charge in [-0.3, -0.25) is 0 Å². The maximum absolute atomic E-state index is 10.1. The monoisotopic (exact) mass is 146 g/mol. The lowest BCUT2D eigenvalue weighted by molar-refractivity contribution is -0.132. The molecule has 0 unspecified atom stereocenters. The summed E-state index contributed by atoms with van der Waals surface area (Å²) in [5.41, 5.74) is 0.316. The van der Waals surface area contributed by atoms with Gasteiger partial charge in [0.15, 0.2) is 9.76 Å². The van der Waals surface area contributed by atoms with Crippen LogP contribution < -0.4 is 0 Å². The summed E-state index contributed by atoms with van der Waals surface area (Å²) in [6.45, 7) is 1.52. The summed E-state index contributed by atoms with van der Waals surface area (Å²) in [5, 5.41) is 8.27. The minimum Gasteiger partial charge on any atom is -0.478 e. The maximum Gasteiger partial charge on any atom is 0.330 e. The van der Waals surface area contributed by atoms with E-state index in [1.165, 1.54) is 6.92 Å². The van der Waals surface area contributed by atoms with Crippen LogP contribution in [0.25, 0.3) is 0 Å². The standard InChI is InChI=1S/C5H10O3Si/c1-4(5(6)7)2-3-9-8/h2,8H,3,9H2,1H3,(H,6,7). The van der Waals surface area contributed by atoms with Gasteiger partial charge in [0.1, 0.15) is 0 Å². The average molecular weight is 146 g/mol. The number of carboxylic acid groups (broad SMARTS) is 1. The quantitative estimate of drug-likeness (QED) is 0.417. The third-order valence-corrected chi connectivity index (χ3v) is 1.46. The van der Waals surface area contributed by atoms with E-state index in [9.17, 15) is 4.79 Å². The van der Waals surface area contributed by atoms with Crippen molar-refractivity contribution in [1.29, 1.82) is 0 Å². The van der Waals surface area contributed by atoms with Gasteiger partial charge in [0.25, 0.3) is 0 Å². The van der Waals surface area contributed by atoms with Gasteiger partial charge in [-0.25, -0.2) is 4.79 Å². The fraction of sp³-hybridized carbons (Fsp3) is 0.400. The lowest BCUT2D eigenvalue weighted by Crippen LogP contribution is -1.96. The summed E-state index contributed by atoms with van der Waals surface area (Å²) in [6.07, 6.45) is 1.55. The molecule has 0 heterocycles. The van der Waals surface area contributed by atoms with Crippen LogP contribution in [0.2, 0.25) is 6.04 Å². The molecule has 0 aliphatic rings. The summed E-state index contributed by atoms with van der Waals surface area (Å²) < 4.78 is 0. The third-order valence-electron chi connectivity index (χ3n) is 0.917. The van der Waals surface area contributed by atoms with Gasteiger partial charge in [0.05, 0.1) is 0 Å². The zero-order chi connectivity index (χ0) is 7.28. The van der Waals surface area contributed by atoms with Gasteiger partial charge in [0.2, 0.25) is 0 Å². The van der Waals surface area contributed by atoms with Gasteiger partial charge in [-0.2, -0.15) is 0 Å². The van der Waals surface area contributed by atoms with Gasteiger partial charge in [0, 0.05) is 5.57 Å². The number of aliphatic carboxylic acids is 1. The van der Waals surface area contributed by atoms with Gasteiger partial charge in [-0.15, -0.1) is 0 Å². The van der Waals surface area contributed by atoms with E-state index >= 15 is 0 Å². The SMILES string of the molecule is CC(=CC[SiH2]O)C(=O)O. The van der Waals surface area contributed by atoms with Crippen molar-refractivity contribution in [2.75, 3.05) is 0 Å². The highest BCUT2D eigenvalue weighted by atomic mass is 28.2. The van der Waals surface area contributed by atoms with E-state index in [2.05, 4.69) is 0 Å². The first-order valence-electron chi connectivity index (χ1n) is 2.69. The zero-order valence-electron chi connectivity index (χ0n) is 5.29. The number of carboxylic acids is 1. The van der Waals surface area contributed by atoms with E-state index in [4.69, 9.17) is 9.90 Å². The summed E-state index contributed by atoms with van der Waals surface area (Å²) >= 11 is 0. The van der Waals surface area contributed by atoms with Crippen LogP contribution in [0.3, 0.4) is 0 Å². The first-order valence-corrected chi connectivity index (χ1v) is 4.32. The predicted octanol–water partition coefficient (Wildman–Crippen LogP) is -0.488. The first-order chi connectivity index (χ1) is 4.18. The molecule has 0 spiro atoms. The molecule has 0 fully saturated rings. The van der Waals surface area contributed by atoms with Crippen molar-refractivity contribution in [3.05, 3.63) is 11.6 Å². The van der Waals surface area contributed by atoms with Crippen molar-refractivity contribution >= 4 is 15.7 Å². The van der Waals surface area contributed by atoms with Gasteiger partial charge in [-0.1, -0.05) is 6.08 Å². The van der Waals surface area contributed by atoms with Crippen LogP contribution in [0.1, 0.15) is 6.92 Å². The van der Waals surface area contributed by atoms with Crippen LogP contribution in [-0.2, 0) is 4.79 Å². The summed E-state index contributed by atoms with van der Waals surface area (Å²) in [6, 6.07) is 0.554. The van der Waals surface area contributed by atoms with Crippen LogP contribution in [0.15, 0.2) is 11.6 Å². The number of allylic oxidation sites excluding steroid dienone is 1. The second-order valence-corrected chi connectivity index (χ2v) is 2.73. The Morgan fingerprint density at radius 1 is 1.78 bits per heavy atom. The zero-order valence-corrected chi connectivity index (χ0v) is 6.71. The highest BCUT2D eigenvalue weighted by Crippen LogP contribution is 1.93. The molecule has 4 heteroatoms. The highest BCUT2D eigenvalue weighted by molar-refractivity contribution is 6.26. The third kappa shape index (κ3) is 3.93. The topological polar surface area (TPSA) is 57.5 Å². The van der Waals surface area contributed by atoms with Gasteiger partial charge in [-0.05, 0) is 13.0 Å². The Kier molecular flexibility index (Phi) is 3.99. The molecule has 2 N–H and O–H groups in total. The normalized spacial score (nSPS) is 12.9.